The van der Waals surface area contributed by atoms with E-state index in [1.807, 2.05) is 18.0 Å². The van der Waals surface area contributed by atoms with Gasteiger partial charge in [0.25, 0.3) is 0 Å². The van der Waals surface area contributed by atoms with Crippen molar-refractivity contribution in [1.29, 1.82) is 0 Å². The highest BCUT2D eigenvalue weighted by molar-refractivity contribution is 7.11. The average Bonchev–Trinajstić information content (AvgIpc) is 2.82. The molecule has 0 aliphatic carbocycles. The third-order valence-corrected chi connectivity index (χ3v) is 4.17. The first kappa shape index (κ1) is 20.6. The van der Waals surface area contributed by atoms with Gasteiger partial charge in [-0.3, -0.25) is 4.79 Å². The summed E-state index contributed by atoms with van der Waals surface area (Å²) >= 11 is 1.72. The Kier molecular flexibility index (Phi) is 10.1. The molecular weight excluding hydrogens is 331 g/mol. The number of halogens is 2. The smallest absolute Gasteiger partial charge is 0.223 e. The van der Waals surface area contributed by atoms with Crippen LogP contribution in [0.4, 0.5) is 0 Å². The Bertz CT molecular complexity index is 424. The van der Waals surface area contributed by atoms with E-state index in [9.17, 15) is 4.79 Å². The lowest BCUT2D eigenvalue weighted by atomic mass is 10.3. The highest BCUT2D eigenvalue weighted by Gasteiger charge is 2.16. The average molecular weight is 355 g/mol. The maximum atomic E-state index is 12.0. The zero-order valence-corrected chi connectivity index (χ0v) is 15.0. The van der Waals surface area contributed by atoms with Gasteiger partial charge in [-0.05, 0) is 14.0 Å². The number of hydrogen-bond donors (Lipinski definition) is 1. The molecule has 1 N–H and O–H groups in total. The molecule has 122 valence electrons. The zero-order chi connectivity index (χ0) is 13.7. The lowest BCUT2D eigenvalue weighted by Gasteiger charge is -2.28. The Morgan fingerprint density at radius 3 is 2.67 bits per heavy atom. The Hall–Kier alpha value is -0.400. The summed E-state index contributed by atoms with van der Waals surface area (Å²) < 4.78 is 0. The van der Waals surface area contributed by atoms with Crippen LogP contribution in [0.3, 0.4) is 0 Å². The van der Waals surface area contributed by atoms with Crippen molar-refractivity contribution in [2.45, 2.75) is 19.9 Å². The fraction of sp³-hybridized carbons (Fsp3) is 0.692. The van der Waals surface area contributed by atoms with E-state index in [4.69, 9.17) is 0 Å². The van der Waals surface area contributed by atoms with Crippen LogP contribution in [0.1, 0.15) is 16.3 Å². The maximum absolute atomic E-state index is 12.0. The van der Waals surface area contributed by atoms with Gasteiger partial charge in [0, 0.05) is 56.8 Å². The van der Waals surface area contributed by atoms with Gasteiger partial charge in [-0.15, -0.1) is 36.2 Å². The standard InChI is InChI=1S/C13H22N4OS.2ClH/c1-11-15-9-12(19-11)10-16(2)6-3-13(18)17-7-4-14-5-8-17;;/h9,14H,3-8,10H2,1-2H3;2*1H. The third-order valence-electron chi connectivity index (χ3n) is 3.27. The summed E-state index contributed by atoms with van der Waals surface area (Å²) in [5, 5.41) is 4.36. The molecule has 0 aromatic carbocycles. The van der Waals surface area contributed by atoms with Gasteiger partial charge in [0.2, 0.25) is 5.91 Å². The molecule has 1 aliphatic rings. The zero-order valence-electron chi connectivity index (χ0n) is 12.5. The Morgan fingerprint density at radius 2 is 2.10 bits per heavy atom. The molecule has 0 bridgehead atoms. The summed E-state index contributed by atoms with van der Waals surface area (Å²) in [6, 6.07) is 0. The van der Waals surface area contributed by atoms with Crippen molar-refractivity contribution >= 4 is 42.1 Å². The minimum atomic E-state index is 0. The third kappa shape index (κ3) is 6.93. The van der Waals surface area contributed by atoms with Gasteiger partial charge in [0.15, 0.2) is 0 Å². The molecule has 0 unspecified atom stereocenters. The lowest BCUT2D eigenvalue weighted by molar-refractivity contribution is -0.132. The van der Waals surface area contributed by atoms with E-state index in [2.05, 4.69) is 22.2 Å². The number of hydrogen-bond acceptors (Lipinski definition) is 5. The summed E-state index contributed by atoms with van der Waals surface area (Å²) in [7, 11) is 2.06. The van der Waals surface area contributed by atoms with E-state index in [0.29, 0.717) is 6.42 Å². The second-order valence-electron chi connectivity index (χ2n) is 4.96. The van der Waals surface area contributed by atoms with E-state index in [-0.39, 0.29) is 30.7 Å². The molecule has 2 rings (SSSR count). The molecular formula is C13H24Cl2N4OS. The molecule has 21 heavy (non-hydrogen) atoms. The molecule has 2 heterocycles. The van der Waals surface area contributed by atoms with E-state index in [1.54, 1.807) is 11.3 Å². The number of nitrogens with zero attached hydrogens (tertiary/aromatic N) is 3. The molecule has 0 saturated carbocycles. The van der Waals surface area contributed by atoms with Crippen LogP contribution in [-0.4, -0.2) is 60.5 Å². The van der Waals surface area contributed by atoms with Crippen LogP contribution < -0.4 is 5.32 Å². The fourth-order valence-electron chi connectivity index (χ4n) is 2.18. The van der Waals surface area contributed by atoms with Crippen LogP contribution in [-0.2, 0) is 11.3 Å². The van der Waals surface area contributed by atoms with Crippen LogP contribution in [0.2, 0.25) is 0 Å². The summed E-state index contributed by atoms with van der Waals surface area (Å²) in [6.45, 7) is 7.22. The van der Waals surface area contributed by atoms with Gasteiger partial charge in [-0.1, -0.05) is 0 Å². The van der Waals surface area contributed by atoms with Crippen molar-refractivity contribution < 1.29 is 4.79 Å². The predicted molar refractivity (Wildman–Crippen MR) is 91.7 cm³/mol. The second-order valence-corrected chi connectivity index (χ2v) is 6.28. The van der Waals surface area contributed by atoms with Crippen LogP contribution in [0.5, 0.6) is 0 Å². The van der Waals surface area contributed by atoms with Crippen molar-refractivity contribution in [2.75, 3.05) is 39.8 Å². The second kappa shape index (κ2) is 10.3. The number of carbonyl (C=O) groups is 1. The molecule has 1 saturated heterocycles. The van der Waals surface area contributed by atoms with Crippen LogP contribution in [0, 0.1) is 6.92 Å². The summed E-state index contributed by atoms with van der Waals surface area (Å²) in [4.78, 5) is 21.7. The van der Waals surface area contributed by atoms with Gasteiger partial charge >= 0.3 is 0 Å². The van der Waals surface area contributed by atoms with Crippen LogP contribution in [0.25, 0.3) is 0 Å². The van der Waals surface area contributed by atoms with E-state index in [0.717, 1.165) is 44.3 Å². The SMILES string of the molecule is Cc1ncc(CN(C)CCC(=O)N2CCNCC2)s1.Cl.Cl. The van der Waals surface area contributed by atoms with Gasteiger partial charge in [0.1, 0.15) is 0 Å². The number of aryl methyl sites for hydroxylation is 1. The van der Waals surface area contributed by atoms with Crippen molar-refractivity contribution in [1.82, 2.24) is 20.1 Å². The van der Waals surface area contributed by atoms with Crippen molar-refractivity contribution in [3.05, 3.63) is 16.1 Å². The Balaban J connectivity index is 0.00000200. The first-order valence-electron chi connectivity index (χ1n) is 6.73. The first-order valence-corrected chi connectivity index (χ1v) is 7.55. The monoisotopic (exact) mass is 354 g/mol. The number of rotatable bonds is 5. The van der Waals surface area contributed by atoms with Crippen molar-refractivity contribution in [3.63, 3.8) is 0 Å². The molecule has 1 aromatic rings. The molecule has 1 fully saturated rings. The number of nitrogens with one attached hydrogen (secondary N) is 1. The van der Waals surface area contributed by atoms with Crippen LogP contribution >= 0.6 is 36.2 Å². The van der Waals surface area contributed by atoms with Gasteiger partial charge in [0.05, 0.1) is 5.01 Å². The molecule has 0 radical (unpaired) electrons. The molecule has 1 aromatic heterocycles. The predicted octanol–water partition coefficient (Wildman–Crippen LogP) is 1.55. The molecule has 0 atom stereocenters. The quantitative estimate of drug-likeness (QED) is 0.871. The number of thiazole rings is 1. The summed E-state index contributed by atoms with van der Waals surface area (Å²) in [6.07, 6.45) is 2.53. The highest BCUT2D eigenvalue weighted by atomic mass is 35.5. The number of amides is 1. The largest absolute Gasteiger partial charge is 0.340 e. The molecule has 5 nitrogen and oxygen atoms in total. The lowest BCUT2D eigenvalue weighted by Crippen LogP contribution is -2.46. The minimum Gasteiger partial charge on any atom is -0.340 e. The van der Waals surface area contributed by atoms with Crippen molar-refractivity contribution in [2.24, 2.45) is 0 Å². The summed E-state index contributed by atoms with van der Waals surface area (Å²) in [5.41, 5.74) is 0. The van der Waals surface area contributed by atoms with E-state index < -0.39 is 0 Å². The number of carbonyl (C=O) groups excluding carboxylic acids is 1. The van der Waals surface area contributed by atoms with E-state index >= 15 is 0 Å². The molecule has 0 spiro atoms. The minimum absolute atomic E-state index is 0. The first-order chi connectivity index (χ1) is 9.15. The fourth-order valence-corrected chi connectivity index (χ4v) is 3.06. The molecule has 8 heteroatoms. The Labute approximate surface area is 142 Å². The topological polar surface area (TPSA) is 48.5 Å². The highest BCUT2D eigenvalue weighted by Crippen LogP contribution is 2.13. The normalized spacial score (nSPS) is 14.5. The molecule has 1 amide bonds. The molecule has 1 aliphatic heterocycles. The van der Waals surface area contributed by atoms with Gasteiger partial charge in [-0.2, -0.15) is 0 Å². The maximum Gasteiger partial charge on any atom is 0.223 e. The number of piperazine rings is 1. The van der Waals surface area contributed by atoms with Crippen LogP contribution in [0.15, 0.2) is 6.20 Å². The van der Waals surface area contributed by atoms with E-state index in [1.165, 1.54) is 4.88 Å². The van der Waals surface area contributed by atoms with Crippen molar-refractivity contribution in [3.8, 4) is 0 Å². The summed E-state index contributed by atoms with van der Waals surface area (Å²) in [5.74, 6) is 0.272. The Morgan fingerprint density at radius 1 is 1.43 bits per heavy atom. The van der Waals surface area contributed by atoms with Gasteiger partial charge < -0.3 is 15.1 Å². The van der Waals surface area contributed by atoms with Gasteiger partial charge in [-0.25, -0.2) is 4.98 Å². The number of aromatic nitrogens is 1.